The Bertz CT molecular complexity index is 1200. The zero-order chi connectivity index (χ0) is 26.4. The van der Waals surface area contributed by atoms with Gasteiger partial charge < -0.3 is 4.42 Å². The maximum atomic E-state index is 12.2. The van der Waals surface area contributed by atoms with Gasteiger partial charge in [0.25, 0.3) is 0 Å². The molecule has 1 unspecified atom stereocenters. The second-order valence-corrected chi connectivity index (χ2v) is 12.2. The minimum atomic E-state index is -0.274. The summed E-state index contributed by atoms with van der Waals surface area (Å²) >= 11 is 0. The Hall–Kier alpha value is -2.33. The summed E-state index contributed by atoms with van der Waals surface area (Å²) in [6.45, 7) is 11.1. The molecule has 0 bridgehead atoms. The summed E-state index contributed by atoms with van der Waals surface area (Å²) in [6.07, 6.45) is 14.3. The van der Waals surface area contributed by atoms with Crippen LogP contribution in [0.25, 0.3) is 11.1 Å². The number of rotatable bonds is 12. The maximum absolute atomic E-state index is 12.2. The van der Waals surface area contributed by atoms with E-state index >= 15 is 0 Å². The number of oxazole rings is 1. The lowest BCUT2D eigenvalue weighted by Crippen LogP contribution is -2.35. The van der Waals surface area contributed by atoms with E-state index in [1.165, 1.54) is 80.0 Å². The Labute approximate surface area is 224 Å². The molecule has 0 spiro atoms. The molecule has 37 heavy (non-hydrogen) atoms. The third-order valence-corrected chi connectivity index (χ3v) is 8.31. The van der Waals surface area contributed by atoms with Crippen LogP contribution in [-0.2, 0) is 25.4 Å². The highest BCUT2D eigenvalue weighted by Gasteiger charge is 2.28. The summed E-state index contributed by atoms with van der Waals surface area (Å²) in [5, 5.41) is 0. The van der Waals surface area contributed by atoms with Gasteiger partial charge in [0.05, 0.1) is 5.52 Å². The lowest BCUT2D eigenvalue weighted by Gasteiger charge is -2.38. The molecule has 0 radical (unpaired) electrons. The van der Waals surface area contributed by atoms with Crippen molar-refractivity contribution in [2.24, 2.45) is 7.05 Å². The van der Waals surface area contributed by atoms with Crippen LogP contribution in [0.1, 0.15) is 120 Å². The van der Waals surface area contributed by atoms with Crippen molar-refractivity contribution in [3.8, 4) is 0 Å². The monoisotopic (exact) mass is 504 g/mol. The van der Waals surface area contributed by atoms with Gasteiger partial charge in [-0.2, -0.15) is 0 Å². The second-order valence-electron chi connectivity index (χ2n) is 12.2. The van der Waals surface area contributed by atoms with Gasteiger partial charge in [0, 0.05) is 26.2 Å². The van der Waals surface area contributed by atoms with Crippen molar-refractivity contribution in [1.29, 1.82) is 0 Å². The van der Waals surface area contributed by atoms with E-state index < -0.39 is 0 Å². The number of fused-ring (bicyclic) bond motifs is 2. The molecule has 3 aromatic rings. The quantitative estimate of drug-likeness (QED) is 0.232. The fourth-order valence-electron chi connectivity index (χ4n) is 5.90. The van der Waals surface area contributed by atoms with E-state index in [2.05, 4.69) is 69.0 Å². The van der Waals surface area contributed by atoms with Crippen molar-refractivity contribution < 1.29 is 4.42 Å². The minimum Gasteiger partial charge on any atom is -0.408 e. The molecule has 1 atom stereocenters. The summed E-state index contributed by atoms with van der Waals surface area (Å²) in [5.41, 5.74) is 7.31. The molecule has 0 aliphatic carbocycles. The van der Waals surface area contributed by atoms with Crippen molar-refractivity contribution in [1.82, 2.24) is 9.47 Å². The molecule has 202 valence electrons. The third-order valence-electron chi connectivity index (χ3n) is 8.31. The normalized spacial score (nSPS) is 16.4. The van der Waals surface area contributed by atoms with Crippen LogP contribution in [0, 0.1) is 0 Å². The summed E-state index contributed by atoms with van der Waals surface area (Å²) in [5.74, 6) is -0.274. The summed E-state index contributed by atoms with van der Waals surface area (Å²) in [6, 6.07) is 13.9. The molecule has 0 amide bonds. The van der Waals surface area contributed by atoms with E-state index in [9.17, 15) is 4.79 Å². The van der Waals surface area contributed by atoms with Gasteiger partial charge in [0.15, 0.2) is 5.58 Å². The Morgan fingerprint density at radius 1 is 0.919 bits per heavy atom. The Kier molecular flexibility index (Phi) is 9.34. The van der Waals surface area contributed by atoms with Crippen LogP contribution in [-0.4, -0.2) is 16.0 Å². The van der Waals surface area contributed by atoms with E-state index in [-0.39, 0.29) is 11.2 Å². The molecule has 4 heteroatoms. The number of hydrogen-bond acceptors (Lipinski definition) is 3. The molecular weight excluding hydrogens is 456 g/mol. The summed E-state index contributed by atoms with van der Waals surface area (Å²) < 4.78 is 7.23. The SMILES string of the molecule is CCCCCCCCCCCC1c2cc3oc(=O)n(C)c3cc2CCN1Cc1ccc(C(C)(C)C)cc1. The van der Waals surface area contributed by atoms with Gasteiger partial charge in [-0.25, -0.2) is 4.79 Å². The molecule has 0 saturated heterocycles. The zero-order valence-electron chi connectivity index (χ0n) is 23.9. The predicted octanol–water partition coefficient (Wildman–Crippen LogP) is 8.45. The van der Waals surface area contributed by atoms with E-state index in [1.54, 1.807) is 11.6 Å². The maximum Gasteiger partial charge on any atom is 0.419 e. The zero-order valence-corrected chi connectivity index (χ0v) is 23.9. The Balaban J connectivity index is 1.47. The average Bonchev–Trinajstić information content (AvgIpc) is 3.15. The van der Waals surface area contributed by atoms with Crippen LogP contribution in [0.5, 0.6) is 0 Å². The molecule has 2 heterocycles. The lowest BCUT2D eigenvalue weighted by molar-refractivity contribution is 0.163. The van der Waals surface area contributed by atoms with Crippen molar-refractivity contribution in [2.75, 3.05) is 6.54 Å². The smallest absolute Gasteiger partial charge is 0.408 e. The van der Waals surface area contributed by atoms with E-state index in [0.29, 0.717) is 6.04 Å². The fraction of sp³-hybridized carbons (Fsp3) is 0.606. The van der Waals surface area contributed by atoms with Gasteiger partial charge in [-0.1, -0.05) is 110 Å². The van der Waals surface area contributed by atoms with Gasteiger partial charge >= 0.3 is 5.76 Å². The Morgan fingerprint density at radius 2 is 1.57 bits per heavy atom. The lowest BCUT2D eigenvalue weighted by atomic mass is 9.86. The highest BCUT2D eigenvalue weighted by molar-refractivity contribution is 5.75. The number of unbranched alkanes of at least 4 members (excludes halogenated alkanes) is 8. The minimum absolute atomic E-state index is 0.173. The number of benzene rings is 2. The van der Waals surface area contributed by atoms with Crippen molar-refractivity contribution in [2.45, 2.75) is 116 Å². The average molecular weight is 505 g/mol. The first kappa shape index (κ1) is 27.7. The first-order valence-electron chi connectivity index (χ1n) is 14.7. The summed E-state index contributed by atoms with van der Waals surface area (Å²) in [7, 11) is 1.80. The second kappa shape index (κ2) is 12.5. The molecular formula is C33H48N2O2. The molecule has 0 N–H and O–H groups in total. The number of hydrogen-bond donors (Lipinski definition) is 0. The van der Waals surface area contributed by atoms with E-state index in [1.807, 2.05) is 0 Å². The van der Waals surface area contributed by atoms with Crippen LogP contribution in [0.15, 0.2) is 45.6 Å². The van der Waals surface area contributed by atoms with Crippen LogP contribution < -0.4 is 5.76 Å². The van der Waals surface area contributed by atoms with E-state index in [0.717, 1.165) is 37.0 Å². The van der Waals surface area contributed by atoms with Crippen LogP contribution in [0.4, 0.5) is 0 Å². The van der Waals surface area contributed by atoms with Gasteiger partial charge in [0.2, 0.25) is 0 Å². The molecule has 0 saturated carbocycles. The van der Waals surface area contributed by atoms with Gasteiger partial charge in [0.1, 0.15) is 0 Å². The topological polar surface area (TPSA) is 38.4 Å². The molecule has 1 aromatic heterocycles. The first-order chi connectivity index (χ1) is 17.8. The Morgan fingerprint density at radius 3 is 2.22 bits per heavy atom. The van der Waals surface area contributed by atoms with Crippen molar-refractivity contribution >= 4 is 11.1 Å². The van der Waals surface area contributed by atoms with E-state index in [4.69, 9.17) is 4.42 Å². The van der Waals surface area contributed by atoms with Crippen molar-refractivity contribution in [3.63, 3.8) is 0 Å². The fourth-order valence-corrected chi connectivity index (χ4v) is 5.90. The highest BCUT2D eigenvalue weighted by atomic mass is 16.4. The largest absolute Gasteiger partial charge is 0.419 e. The third kappa shape index (κ3) is 6.96. The molecule has 0 fully saturated rings. The van der Waals surface area contributed by atoms with Gasteiger partial charge in [-0.3, -0.25) is 9.47 Å². The molecule has 4 nitrogen and oxygen atoms in total. The predicted molar refractivity (Wildman–Crippen MR) is 155 cm³/mol. The summed E-state index contributed by atoms with van der Waals surface area (Å²) in [4.78, 5) is 14.8. The van der Waals surface area contributed by atoms with Gasteiger partial charge in [-0.05, 0) is 52.6 Å². The standard InChI is InChI=1S/C33H48N2O2/c1-6-7-8-9-10-11-12-13-14-15-29-28-23-31-30(34(5)32(36)37-31)22-26(28)20-21-35(29)24-25-16-18-27(19-17-25)33(2,3)4/h16-19,22-23,29H,6-15,20-21,24H2,1-5H3. The highest BCUT2D eigenvalue weighted by Crippen LogP contribution is 2.37. The van der Waals surface area contributed by atoms with Crippen LogP contribution in [0.2, 0.25) is 0 Å². The van der Waals surface area contributed by atoms with Crippen molar-refractivity contribution in [3.05, 3.63) is 69.2 Å². The number of nitrogens with zero attached hydrogens (tertiary/aromatic N) is 2. The van der Waals surface area contributed by atoms with Gasteiger partial charge in [-0.15, -0.1) is 0 Å². The molecule has 1 aliphatic rings. The molecule has 2 aromatic carbocycles. The van der Waals surface area contributed by atoms with Crippen LogP contribution in [0.3, 0.4) is 0 Å². The first-order valence-corrected chi connectivity index (χ1v) is 14.7. The molecule has 1 aliphatic heterocycles. The number of aryl methyl sites for hydroxylation is 1. The number of aromatic nitrogens is 1. The molecule has 4 rings (SSSR count). The van der Waals surface area contributed by atoms with Crippen LogP contribution >= 0.6 is 0 Å².